The summed E-state index contributed by atoms with van der Waals surface area (Å²) < 4.78 is 35.2. The van der Waals surface area contributed by atoms with Crippen molar-refractivity contribution < 1.29 is 23.3 Å². The standard InChI is InChI=1S/C26H28FO4P/c1-18-12-22(10-11-32(28)29)13-19(2)25(18)16-21-6-9-26(31-17-30-3)23(15-21)14-20-4-7-24(27)8-5-20/h4-9,12-13,15H,10-11,14,16-17H2,1-3H3/p+1. The Bertz CT molecular complexity index is 1060. The minimum Gasteiger partial charge on any atom is -0.467 e. The quantitative estimate of drug-likeness (QED) is 0.306. The number of hydrogen-bond acceptors (Lipinski definition) is 3. The Labute approximate surface area is 189 Å². The topological polar surface area (TPSA) is 55.8 Å². The fourth-order valence-corrected chi connectivity index (χ4v) is 4.35. The number of methoxy groups -OCH3 is 1. The number of hydrogen-bond donors (Lipinski definition) is 1. The Kier molecular flexibility index (Phi) is 8.52. The molecule has 0 fully saturated rings. The van der Waals surface area contributed by atoms with Crippen molar-refractivity contribution in [3.8, 4) is 5.75 Å². The van der Waals surface area contributed by atoms with Crippen LogP contribution in [0.2, 0.25) is 0 Å². The monoisotopic (exact) mass is 455 g/mol. The minimum absolute atomic E-state index is 0.162. The van der Waals surface area contributed by atoms with Gasteiger partial charge in [-0.2, -0.15) is 4.89 Å². The zero-order valence-electron chi connectivity index (χ0n) is 18.7. The van der Waals surface area contributed by atoms with E-state index in [1.165, 1.54) is 28.8 Å². The molecule has 1 N–H and O–H groups in total. The number of benzene rings is 3. The molecule has 0 saturated heterocycles. The van der Waals surface area contributed by atoms with Crippen LogP contribution in [0.3, 0.4) is 0 Å². The lowest BCUT2D eigenvalue weighted by atomic mass is 9.92. The summed E-state index contributed by atoms with van der Waals surface area (Å²) in [6.07, 6.45) is 2.28. The van der Waals surface area contributed by atoms with Crippen LogP contribution in [0, 0.1) is 19.7 Å². The SMILES string of the molecule is COCOc1ccc(Cc2c(C)cc(CC[P+](=O)O)cc2C)cc1Cc1ccc(F)cc1. The molecule has 1 unspecified atom stereocenters. The summed E-state index contributed by atoms with van der Waals surface area (Å²) in [4.78, 5) is 9.10. The van der Waals surface area contributed by atoms with Gasteiger partial charge in [0, 0.05) is 20.0 Å². The molecule has 4 nitrogen and oxygen atoms in total. The fourth-order valence-electron chi connectivity index (χ4n) is 3.90. The van der Waals surface area contributed by atoms with Crippen LogP contribution in [0.25, 0.3) is 0 Å². The molecule has 3 aromatic carbocycles. The van der Waals surface area contributed by atoms with E-state index in [1.807, 2.05) is 6.07 Å². The highest BCUT2D eigenvalue weighted by Gasteiger charge is 2.13. The van der Waals surface area contributed by atoms with Crippen molar-refractivity contribution in [3.05, 3.63) is 99.4 Å². The summed E-state index contributed by atoms with van der Waals surface area (Å²) in [5.41, 5.74) is 7.86. The molecular weight excluding hydrogens is 426 g/mol. The molecule has 0 spiro atoms. The third-order valence-corrected chi connectivity index (χ3v) is 6.10. The highest BCUT2D eigenvalue weighted by atomic mass is 31.1. The number of rotatable bonds is 10. The number of aryl methyl sites for hydroxylation is 3. The van der Waals surface area contributed by atoms with Gasteiger partial charge in [-0.05, 0) is 82.0 Å². The van der Waals surface area contributed by atoms with Crippen LogP contribution in [0.1, 0.15) is 38.9 Å². The van der Waals surface area contributed by atoms with Crippen LogP contribution in [0.5, 0.6) is 5.75 Å². The first kappa shape index (κ1) is 24.1. The van der Waals surface area contributed by atoms with E-state index in [9.17, 15) is 8.96 Å². The van der Waals surface area contributed by atoms with Crippen LogP contribution >= 0.6 is 8.03 Å². The molecule has 0 aliphatic rings. The first-order chi connectivity index (χ1) is 15.4. The van der Waals surface area contributed by atoms with Crippen molar-refractivity contribution in [3.63, 3.8) is 0 Å². The van der Waals surface area contributed by atoms with Gasteiger partial charge in [0.1, 0.15) is 11.6 Å². The van der Waals surface area contributed by atoms with Gasteiger partial charge in [0.05, 0.1) is 0 Å². The van der Waals surface area contributed by atoms with E-state index in [1.54, 1.807) is 19.2 Å². The molecule has 32 heavy (non-hydrogen) atoms. The average Bonchev–Trinajstić information content (AvgIpc) is 2.76. The van der Waals surface area contributed by atoms with Crippen LogP contribution < -0.4 is 4.74 Å². The second kappa shape index (κ2) is 11.3. The summed E-state index contributed by atoms with van der Waals surface area (Å²) in [7, 11) is -0.532. The first-order valence-electron chi connectivity index (χ1n) is 10.6. The molecule has 0 aliphatic heterocycles. The van der Waals surface area contributed by atoms with Crippen molar-refractivity contribution in [2.75, 3.05) is 20.1 Å². The lowest BCUT2D eigenvalue weighted by Gasteiger charge is -2.16. The maximum atomic E-state index is 13.3. The van der Waals surface area contributed by atoms with Crippen molar-refractivity contribution in [2.24, 2.45) is 0 Å². The maximum Gasteiger partial charge on any atom is 0.505 e. The van der Waals surface area contributed by atoms with Gasteiger partial charge in [-0.15, -0.1) is 0 Å². The van der Waals surface area contributed by atoms with Gasteiger partial charge in [0.2, 0.25) is 0 Å². The van der Waals surface area contributed by atoms with E-state index in [0.717, 1.165) is 34.4 Å². The summed E-state index contributed by atoms with van der Waals surface area (Å²) in [5, 5.41) is 0. The van der Waals surface area contributed by atoms with E-state index in [4.69, 9.17) is 14.4 Å². The molecule has 0 heterocycles. The fraction of sp³-hybridized carbons (Fsp3) is 0.308. The minimum atomic E-state index is -2.12. The predicted octanol–water partition coefficient (Wildman–Crippen LogP) is 5.88. The molecule has 168 valence electrons. The second-order valence-electron chi connectivity index (χ2n) is 8.01. The van der Waals surface area contributed by atoms with Gasteiger partial charge in [0.15, 0.2) is 13.0 Å². The largest absolute Gasteiger partial charge is 0.505 e. The molecule has 0 saturated carbocycles. The number of halogens is 1. The summed E-state index contributed by atoms with van der Waals surface area (Å²) in [6, 6.07) is 16.9. The first-order valence-corrected chi connectivity index (χ1v) is 12.0. The molecule has 6 heteroatoms. The second-order valence-corrected chi connectivity index (χ2v) is 9.16. The lowest BCUT2D eigenvalue weighted by Crippen LogP contribution is -2.04. The van der Waals surface area contributed by atoms with Crippen molar-refractivity contribution in [2.45, 2.75) is 33.1 Å². The third kappa shape index (κ3) is 6.70. The molecule has 0 bridgehead atoms. The third-order valence-electron chi connectivity index (χ3n) is 5.49. The molecule has 0 aromatic heterocycles. The van der Waals surface area contributed by atoms with Gasteiger partial charge in [-0.1, -0.05) is 36.4 Å². The van der Waals surface area contributed by atoms with E-state index in [-0.39, 0.29) is 18.8 Å². The van der Waals surface area contributed by atoms with Gasteiger partial charge in [-0.25, -0.2) is 4.39 Å². The van der Waals surface area contributed by atoms with Gasteiger partial charge in [-0.3, -0.25) is 0 Å². The maximum absolute atomic E-state index is 13.3. The van der Waals surface area contributed by atoms with E-state index < -0.39 is 8.03 Å². The number of ether oxygens (including phenoxy) is 2. The molecule has 1 atom stereocenters. The van der Waals surface area contributed by atoms with Gasteiger partial charge >= 0.3 is 8.03 Å². The molecule has 3 aromatic rings. The van der Waals surface area contributed by atoms with Crippen LogP contribution in [-0.4, -0.2) is 25.0 Å². The predicted molar refractivity (Wildman–Crippen MR) is 125 cm³/mol. The normalized spacial score (nSPS) is 11.5. The summed E-state index contributed by atoms with van der Waals surface area (Å²) in [6.45, 7) is 4.33. The molecule has 3 rings (SSSR count). The average molecular weight is 455 g/mol. The Hall–Kier alpha value is -2.59. The zero-order chi connectivity index (χ0) is 23.1. The molecular formula is C26H29FO4P+. The van der Waals surface area contributed by atoms with Crippen LogP contribution in [0.15, 0.2) is 54.6 Å². The Morgan fingerprint density at radius 2 is 1.56 bits per heavy atom. The molecule has 0 amide bonds. The Morgan fingerprint density at radius 3 is 2.19 bits per heavy atom. The smallest absolute Gasteiger partial charge is 0.467 e. The van der Waals surface area contributed by atoms with Crippen LogP contribution in [-0.2, 0) is 28.6 Å². The van der Waals surface area contributed by atoms with Crippen molar-refractivity contribution >= 4 is 8.03 Å². The highest BCUT2D eigenvalue weighted by molar-refractivity contribution is 7.37. The van der Waals surface area contributed by atoms with Gasteiger partial charge in [0.25, 0.3) is 0 Å². The summed E-state index contributed by atoms with van der Waals surface area (Å²) >= 11 is 0. The lowest BCUT2D eigenvalue weighted by molar-refractivity contribution is 0.0505. The molecule has 0 aliphatic carbocycles. The zero-order valence-corrected chi connectivity index (χ0v) is 19.6. The van der Waals surface area contributed by atoms with Crippen molar-refractivity contribution in [1.82, 2.24) is 0 Å². The highest BCUT2D eigenvalue weighted by Crippen LogP contribution is 2.27. The molecule has 0 radical (unpaired) electrons. The van der Waals surface area contributed by atoms with Gasteiger partial charge < -0.3 is 9.47 Å². The van der Waals surface area contributed by atoms with Crippen molar-refractivity contribution in [1.29, 1.82) is 0 Å². The van der Waals surface area contributed by atoms with E-state index in [0.29, 0.717) is 12.8 Å². The van der Waals surface area contributed by atoms with Crippen LogP contribution in [0.4, 0.5) is 4.39 Å². The Morgan fingerprint density at radius 1 is 0.906 bits per heavy atom. The summed E-state index contributed by atoms with van der Waals surface area (Å²) in [5.74, 6) is 0.500. The Balaban J connectivity index is 1.86. The van der Waals surface area contributed by atoms with E-state index in [2.05, 4.69) is 38.1 Å². The van der Waals surface area contributed by atoms with E-state index >= 15 is 0 Å².